The van der Waals surface area contributed by atoms with E-state index in [-0.39, 0.29) is 10.8 Å². The molecule has 1 aliphatic heterocycles. The molecule has 0 atom stereocenters. The van der Waals surface area contributed by atoms with E-state index in [1.165, 1.54) is 0 Å². The Kier molecular flexibility index (Phi) is 3.86. The van der Waals surface area contributed by atoms with Crippen molar-refractivity contribution in [2.24, 2.45) is 0 Å². The van der Waals surface area contributed by atoms with Crippen LogP contribution in [0.2, 0.25) is 0 Å². The highest BCUT2D eigenvalue weighted by Crippen LogP contribution is 2.33. The fourth-order valence-corrected chi connectivity index (χ4v) is 2.39. The zero-order valence-electron chi connectivity index (χ0n) is 9.49. The molecule has 0 spiro atoms. The minimum Gasteiger partial charge on any atom is -0.331 e. The van der Waals surface area contributed by atoms with Crippen molar-refractivity contribution in [3.8, 4) is 6.07 Å². The molecule has 0 aromatic rings. The minimum atomic E-state index is -0.275. The standard InChI is InChI=1S/C10H17N3OS/c1-12(2)9(14)13-6-4-10(8-11,15-3)5-7-13/h4-7H2,1-3H3. The smallest absolute Gasteiger partial charge is 0.319 e. The SMILES string of the molecule is CSC1(C#N)CCN(C(=O)N(C)C)CC1. The Hall–Kier alpha value is -0.890. The lowest BCUT2D eigenvalue weighted by atomic mass is 9.97. The average molecular weight is 227 g/mol. The van der Waals surface area contributed by atoms with Crippen LogP contribution in [0.25, 0.3) is 0 Å². The number of hydrogen-bond donors (Lipinski definition) is 0. The van der Waals surface area contributed by atoms with Gasteiger partial charge >= 0.3 is 6.03 Å². The molecule has 1 heterocycles. The van der Waals surface area contributed by atoms with E-state index < -0.39 is 0 Å². The molecule has 15 heavy (non-hydrogen) atoms. The molecule has 1 saturated heterocycles. The second-order valence-corrected chi connectivity index (χ2v) is 5.16. The summed E-state index contributed by atoms with van der Waals surface area (Å²) >= 11 is 1.60. The van der Waals surface area contributed by atoms with E-state index in [9.17, 15) is 4.79 Å². The normalized spacial score (nSPS) is 19.5. The number of likely N-dealkylation sites (tertiary alicyclic amines) is 1. The molecule has 1 fully saturated rings. The molecule has 5 heteroatoms. The zero-order chi connectivity index (χ0) is 11.5. The summed E-state index contributed by atoms with van der Waals surface area (Å²) in [5.41, 5.74) is 0. The molecule has 0 saturated carbocycles. The van der Waals surface area contributed by atoms with Gasteiger partial charge in [0.2, 0.25) is 0 Å². The summed E-state index contributed by atoms with van der Waals surface area (Å²) in [6.45, 7) is 1.37. The van der Waals surface area contributed by atoms with Gasteiger partial charge < -0.3 is 9.80 Å². The molecular formula is C10H17N3OS. The van der Waals surface area contributed by atoms with Crippen LogP contribution in [0, 0.1) is 11.3 Å². The molecule has 1 aliphatic rings. The molecule has 0 aliphatic carbocycles. The lowest BCUT2D eigenvalue weighted by Gasteiger charge is -2.37. The van der Waals surface area contributed by atoms with Crippen molar-refractivity contribution in [1.82, 2.24) is 9.80 Å². The Morgan fingerprint density at radius 1 is 1.47 bits per heavy atom. The first-order chi connectivity index (χ1) is 7.04. The van der Waals surface area contributed by atoms with E-state index >= 15 is 0 Å². The molecule has 0 unspecified atom stereocenters. The van der Waals surface area contributed by atoms with E-state index in [4.69, 9.17) is 5.26 Å². The van der Waals surface area contributed by atoms with Crippen LogP contribution in [0.15, 0.2) is 0 Å². The van der Waals surface area contributed by atoms with Crippen LogP contribution in [0.3, 0.4) is 0 Å². The van der Waals surface area contributed by atoms with Crippen LogP contribution in [0.4, 0.5) is 4.79 Å². The summed E-state index contributed by atoms with van der Waals surface area (Å²) in [4.78, 5) is 15.0. The number of nitriles is 1. The Labute approximate surface area is 95.2 Å². The van der Waals surface area contributed by atoms with Gasteiger partial charge in [-0.15, -0.1) is 11.8 Å². The molecule has 0 aromatic heterocycles. The molecule has 1 rings (SSSR count). The molecule has 0 bridgehead atoms. The molecule has 0 radical (unpaired) electrons. The lowest BCUT2D eigenvalue weighted by Crippen LogP contribution is -2.47. The zero-order valence-corrected chi connectivity index (χ0v) is 10.3. The van der Waals surface area contributed by atoms with Gasteiger partial charge in [-0.25, -0.2) is 4.79 Å². The molecule has 84 valence electrons. The van der Waals surface area contributed by atoms with Crippen molar-refractivity contribution in [3.63, 3.8) is 0 Å². The first-order valence-corrected chi connectivity index (χ1v) is 6.20. The molecule has 4 nitrogen and oxygen atoms in total. The maximum Gasteiger partial charge on any atom is 0.319 e. The van der Waals surface area contributed by atoms with Gasteiger partial charge in [0.1, 0.15) is 4.75 Å². The number of urea groups is 1. The van der Waals surface area contributed by atoms with Gasteiger partial charge in [0.25, 0.3) is 0 Å². The largest absolute Gasteiger partial charge is 0.331 e. The Morgan fingerprint density at radius 2 is 2.00 bits per heavy atom. The minimum absolute atomic E-state index is 0.0441. The van der Waals surface area contributed by atoms with Gasteiger partial charge in [-0.3, -0.25) is 0 Å². The summed E-state index contributed by atoms with van der Waals surface area (Å²) in [5.74, 6) is 0. The van der Waals surface area contributed by atoms with Crippen LogP contribution >= 0.6 is 11.8 Å². The highest BCUT2D eigenvalue weighted by Gasteiger charge is 2.35. The third-order valence-corrected chi connectivity index (χ3v) is 4.10. The lowest BCUT2D eigenvalue weighted by molar-refractivity contribution is 0.157. The number of thioether (sulfide) groups is 1. The monoisotopic (exact) mass is 227 g/mol. The highest BCUT2D eigenvalue weighted by molar-refractivity contribution is 8.00. The van der Waals surface area contributed by atoms with Gasteiger partial charge in [0.05, 0.1) is 6.07 Å². The first-order valence-electron chi connectivity index (χ1n) is 4.97. The number of rotatable bonds is 1. The van der Waals surface area contributed by atoms with Crippen molar-refractivity contribution < 1.29 is 4.79 Å². The summed E-state index contributed by atoms with van der Waals surface area (Å²) in [6, 6.07) is 2.41. The second-order valence-electron chi connectivity index (χ2n) is 3.97. The van der Waals surface area contributed by atoms with Crippen LogP contribution in [-0.2, 0) is 0 Å². The molecule has 2 amide bonds. The first kappa shape index (κ1) is 12.2. The number of piperidine rings is 1. The van der Waals surface area contributed by atoms with Gasteiger partial charge in [0, 0.05) is 27.2 Å². The number of carbonyl (C=O) groups is 1. The van der Waals surface area contributed by atoms with Gasteiger partial charge in [-0.1, -0.05) is 0 Å². The fraction of sp³-hybridized carbons (Fsp3) is 0.800. The molecule has 0 N–H and O–H groups in total. The topological polar surface area (TPSA) is 47.3 Å². The summed E-state index contributed by atoms with van der Waals surface area (Å²) in [7, 11) is 3.51. The highest BCUT2D eigenvalue weighted by atomic mass is 32.2. The van der Waals surface area contributed by atoms with Crippen LogP contribution in [-0.4, -0.2) is 54.0 Å². The second kappa shape index (κ2) is 4.75. The van der Waals surface area contributed by atoms with Crippen molar-refractivity contribution in [1.29, 1.82) is 5.26 Å². The van der Waals surface area contributed by atoms with Crippen LogP contribution < -0.4 is 0 Å². The van der Waals surface area contributed by atoms with Gasteiger partial charge in [0.15, 0.2) is 0 Å². The third-order valence-electron chi connectivity index (χ3n) is 2.82. The van der Waals surface area contributed by atoms with Crippen LogP contribution in [0.5, 0.6) is 0 Å². The number of hydrogen-bond acceptors (Lipinski definition) is 3. The maximum absolute atomic E-state index is 11.6. The summed E-state index contributed by atoms with van der Waals surface area (Å²) in [6.07, 6.45) is 3.50. The quantitative estimate of drug-likeness (QED) is 0.680. The maximum atomic E-state index is 11.6. The molecule has 0 aromatic carbocycles. The van der Waals surface area contributed by atoms with Crippen molar-refractivity contribution >= 4 is 17.8 Å². The van der Waals surface area contributed by atoms with E-state index in [2.05, 4.69) is 6.07 Å². The van der Waals surface area contributed by atoms with E-state index in [0.29, 0.717) is 13.1 Å². The average Bonchev–Trinajstić information content (AvgIpc) is 2.28. The number of nitrogens with zero attached hydrogens (tertiary/aromatic N) is 3. The van der Waals surface area contributed by atoms with Crippen LogP contribution in [0.1, 0.15) is 12.8 Å². The number of amides is 2. The Balaban J connectivity index is 2.57. The fourth-order valence-electron chi connectivity index (χ4n) is 1.70. The Bertz CT molecular complexity index is 277. The van der Waals surface area contributed by atoms with Crippen molar-refractivity contribution in [2.75, 3.05) is 33.4 Å². The summed E-state index contributed by atoms with van der Waals surface area (Å²) < 4.78 is -0.275. The summed E-state index contributed by atoms with van der Waals surface area (Å²) in [5, 5.41) is 9.09. The van der Waals surface area contributed by atoms with Gasteiger partial charge in [-0.2, -0.15) is 5.26 Å². The predicted molar refractivity (Wildman–Crippen MR) is 61.7 cm³/mol. The van der Waals surface area contributed by atoms with Crippen molar-refractivity contribution in [2.45, 2.75) is 17.6 Å². The van der Waals surface area contributed by atoms with Gasteiger partial charge in [-0.05, 0) is 19.1 Å². The van der Waals surface area contributed by atoms with E-state index in [1.54, 1.807) is 30.8 Å². The molecular weight excluding hydrogens is 210 g/mol. The predicted octanol–water partition coefficient (Wildman–Crippen LogP) is 1.39. The van der Waals surface area contributed by atoms with E-state index in [0.717, 1.165) is 12.8 Å². The van der Waals surface area contributed by atoms with E-state index in [1.807, 2.05) is 11.2 Å². The Morgan fingerprint density at radius 3 is 2.33 bits per heavy atom. The third kappa shape index (κ3) is 2.57. The number of carbonyl (C=O) groups excluding carboxylic acids is 1. The van der Waals surface area contributed by atoms with Crippen molar-refractivity contribution in [3.05, 3.63) is 0 Å².